The highest BCUT2D eigenvalue weighted by Crippen LogP contribution is 2.18. The van der Waals surface area contributed by atoms with Crippen LogP contribution < -0.4 is 10.6 Å². The van der Waals surface area contributed by atoms with E-state index in [1.165, 1.54) is 0 Å². The Morgan fingerprint density at radius 2 is 1.93 bits per heavy atom. The largest absolute Gasteiger partial charge is 0.397 e. The average Bonchev–Trinajstić information content (AvgIpc) is 2.48. The van der Waals surface area contributed by atoms with Gasteiger partial charge in [0.1, 0.15) is 5.82 Å². The lowest BCUT2D eigenvalue weighted by atomic mass is 10.3. The van der Waals surface area contributed by atoms with Gasteiger partial charge in [-0.25, -0.2) is 4.98 Å². The lowest BCUT2D eigenvalue weighted by molar-refractivity contribution is 0.0572. The molecule has 0 aliphatic carbocycles. The molecular formula is C9H13N3O2. The third-order valence-corrected chi connectivity index (χ3v) is 2.35. The van der Waals surface area contributed by atoms with Crippen molar-refractivity contribution in [3.8, 4) is 0 Å². The van der Waals surface area contributed by atoms with E-state index in [-0.39, 0.29) is 0 Å². The van der Waals surface area contributed by atoms with Gasteiger partial charge in [0.15, 0.2) is 0 Å². The van der Waals surface area contributed by atoms with Crippen molar-refractivity contribution in [1.29, 1.82) is 0 Å². The number of rotatable bonds is 1. The molecule has 0 bridgehead atoms. The van der Waals surface area contributed by atoms with Gasteiger partial charge in [-0.2, -0.15) is 0 Å². The van der Waals surface area contributed by atoms with Crippen LogP contribution in [0.3, 0.4) is 0 Å². The smallest absolute Gasteiger partial charge is 0.128 e. The molecule has 1 aromatic heterocycles. The van der Waals surface area contributed by atoms with Crippen LogP contribution in [0.15, 0.2) is 18.3 Å². The zero-order chi connectivity index (χ0) is 10.1. The van der Waals surface area contributed by atoms with Gasteiger partial charge < -0.3 is 20.8 Å². The van der Waals surface area contributed by atoms with E-state index in [0.717, 1.165) is 5.82 Å². The molecule has 5 heteroatoms. The summed E-state index contributed by atoms with van der Waals surface area (Å²) in [7, 11) is 0. The highest BCUT2D eigenvalue weighted by atomic mass is 16.3. The maximum absolute atomic E-state index is 9.34. The minimum Gasteiger partial charge on any atom is -0.397 e. The van der Waals surface area contributed by atoms with Crippen LogP contribution in [-0.2, 0) is 0 Å². The predicted molar refractivity (Wildman–Crippen MR) is 52.9 cm³/mol. The van der Waals surface area contributed by atoms with Gasteiger partial charge in [-0.3, -0.25) is 0 Å². The van der Waals surface area contributed by atoms with Crippen molar-refractivity contribution in [2.75, 3.05) is 23.7 Å². The van der Waals surface area contributed by atoms with Crippen LogP contribution >= 0.6 is 0 Å². The molecule has 1 aliphatic heterocycles. The fourth-order valence-electron chi connectivity index (χ4n) is 1.54. The highest BCUT2D eigenvalue weighted by Gasteiger charge is 2.29. The molecular weight excluding hydrogens is 182 g/mol. The Kier molecular flexibility index (Phi) is 2.26. The standard InChI is InChI=1S/C9H13N3O2/c10-6-1-2-9(11-3-6)12-4-7(13)8(14)5-12/h1-3,7-8,13-14H,4-5,10H2. The van der Waals surface area contributed by atoms with Crippen LogP contribution in [0.25, 0.3) is 0 Å². The summed E-state index contributed by atoms with van der Waals surface area (Å²) in [6.07, 6.45) is 0.190. The maximum Gasteiger partial charge on any atom is 0.128 e. The van der Waals surface area contributed by atoms with Crippen molar-refractivity contribution in [2.45, 2.75) is 12.2 Å². The normalized spacial score (nSPS) is 26.9. The first-order valence-corrected chi connectivity index (χ1v) is 4.49. The number of nitrogens with two attached hydrogens (primary N) is 1. The van der Waals surface area contributed by atoms with Gasteiger partial charge in [0.05, 0.1) is 24.1 Å². The molecule has 0 radical (unpaired) electrons. The lowest BCUT2D eigenvalue weighted by Gasteiger charge is -2.15. The topological polar surface area (TPSA) is 82.6 Å². The third kappa shape index (κ3) is 1.64. The monoisotopic (exact) mass is 195 g/mol. The fourth-order valence-corrected chi connectivity index (χ4v) is 1.54. The van der Waals surface area contributed by atoms with Gasteiger partial charge in [-0.15, -0.1) is 0 Å². The Morgan fingerprint density at radius 1 is 1.29 bits per heavy atom. The number of β-amino-alcohol motifs (C(OH)–C–C–N with tert-alkyl or cyclic N) is 2. The molecule has 1 saturated heterocycles. The molecule has 5 nitrogen and oxygen atoms in total. The first-order valence-electron chi connectivity index (χ1n) is 4.49. The van der Waals surface area contributed by atoms with Crippen LogP contribution in [-0.4, -0.2) is 40.5 Å². The molecule has 14 heavy (non-hydrogen) atoms. The zero-order valence-corrected chi connectivity index (χ0v) is 7.67. The number of hydrogen-bond donors (Lipinski definition) is 3. The Balaban J connectivity index is 2.13. The van der Waals surface area contributed by atoms with E-state index in [1.807, 2.05) is 4.90 Å². The lowest BCUT2D eigenvalue weighted by Crippen LogP contribution is -2.22. The third-order valence-electron chi connectivity index (χ3n) is 2.35. The first-order chi connectivity index (χ1) is 6.66. The summed E-state index contributed by atoms with van der Waals surface area (Å²) in [5.41, 5.74) is 6.11. The Hall–Kier alpha value is -1.33. The Bertz CT molecular complexity index is 304. The minimum atomic E-state index is -0.686. The molecule has 2 rings (SSSR count). The van der Waals surface area contributed by atoms with Gasteiger partial charge in [-0.05, 0) is 12.1 Å². The molecule has 0 amide bonds. The molecule has 4 N–H and O–H groups in total. The van der Waals surface area contributed by atoms with Gasteiger partial charge in [0.25, 0.3) is 0 Å². The second-order valence-corrected chi connectivity index (χ2v) is 3.49. The van der Waals surface area contributed by atoms with Crippen molar-refractivity contribution in [3.63, 3.8) is 0 Å². The molecule has 0 saturated carbocycles. The number of aliphatic hydroxyl groups is 2. The maximum atomic E-state index is 9.34. The Labute approximate surface area is 81.8 Å². The predicted octanol–water partition coefficient (Wildman–Crippen LogP) is -0.794. The van der Waals surface area contributed by atoms with Crippen LogP contribution in [0, 0.1) is 0 Å². The van der Waals surface area contributed by atoms with Crippen LogP contribution in [0.1, 0.15) is 0 Å². The van der Waals surface area contributed by atoms with Crippen LogP contribution in [0.4, 0.5) is 11.5 Å². The number of anilines is 2. The number of nitrogen functional groups attached to an aromatic ring is 1. The van der Waals surface area contributed by atoms with Crippen LogP contribution in [0.2, 0.25) is 0 Å². The SMILES string of the molecule is Nc1ccc(N2CC(O)C(O)C2)nc1. The summed E-state index contributed by atoms with van der Waals surface area (Å²) < 4.78 is 0. The zero-order valence-electron chi connectivity index (χ0n) is 7.67. The summed E-state index contributed by atoms with van der Waals surface area (Å²) in [5.74, 6) is 0.731. The Morgan fingerprint density at radius 3 is 2.43 bits per heavy atom. The minimum absolute atomic E-state index is 0.415. The molecule has 0 spiro atoms. The molecule has 2 heterocycles. The summed E-state index contributed by atoms with van der Waals surface area (Å²) in [6, 6.07) is 3.53. The quantitative estimate of drug-likeness (QED) is 0.547. The van der Waals surface area contributed by atoms with Crippen molar-refractivity contribution in [2.24, 2.45) is 0 Å². The number of aromatic nitrogens is 1. The van der Waals surface area contributed by atoms with E-state index in [9.17, 15) is 10.2 Å². The number of nitrogens with zero attached hydrogens (tertiary/aromatic N) is 2. The van der Waals surface area contributed by atoms with Gasteiger partial charge in [0, 0.05) is 13.1 Å². The molecule has 2 atom stereocenters. The summed E-state index contributed by atoms with van der Waals surface area (Å²) in [6.45, 7) is 0.830. The van der Waals surface area contributed by atoms with E-state index in [1.54, 1.807) is 18.3 Å². The van der Waals surface area contributed by atoms with E-state index in [2.05, 4.69) is 4.98 Å². The van der Waals surface area contributed by atoms with E-state index >= 15 is 0 Å². The average molecular weight is 195 g/mol. The summed E-state index contributed by atoms with van der Waals surface area (Å²) >= 11 is 0. The molecule has 76 valence electrons. The fraction of sp³-hybridized carbons (Fsp3) is 0.444. The molecule has 0 aromatic carbocycles. The van der Waals surface area contributed by atoms with Gasteiger partial charge >= 0.3 is 0 Å². The van der Waals surface area contributed by atoms with Gasteiger partial charge in [-0.1, -0.05) is 0 Å². The summed E-state index contributed by atoms with van der Waals surface area (Å²) in [5, 5.41) is 18.7. The number of aliphatic hydroxyl groups excluding tert-OH is 2. The van der Waals surface area contributed by atoms with E-state index < -0.39 is 12.2 Å². The second kappa shape index (κ2) is 3.43. The number of hydrogen-bond acceptors (Lipinski definition) is 5. The van der Waals surface area contributed by atoms with Crippen molar-refractivity contribution in [3.05, 3.63) is 18.3 Å². The van der Waals surface area contributed by atoms with Gasteiger partial charge in [0.2, 0.25) is 0 Å². The number of pyridine rings is 1. The summed E-state index contributed by atoms with van der Waals surface area (Å²) in [4.78, 5) is 5.94. The molecule has 1 fully saturated rings. The van der Waals surface area contributed by atoms with Crippen molar-refractivity contribution < 1.29 is 10.2 Å². The highest BCUT2D eigenvalue weighted by molar-refractivity contribution is 5.46. The molecule has 1 aliphatic rings. The van der Waals surface area contributed by atoms with Crippen molar-refractivity contribution >= 4 is 11.5 Å². The molecule has 1 aromatic rings. The first kappa shape index (κ1) is 9.23. The van der Waals surface area contributed by atoms with Crippen LogP contribution in [0.5, 0.6) is 0 Å². The second-order valence-electron chi connectivity index (χ2n) is 3.49. The van der Waals surface area contributed by atoms with Crippen molar-refractivity contribution in [1.82, 2.24) is 4.98 Å². The van der Waals surface area contributed by atoms with E-state index in [0.29, 0.717) is 18.8 Å². The molecule has 2 unspecified atom stereocenters. The van der Waals surface area contributed by atoms with E-state index in [4.69, 9.17) is 5.73 Å².